The fraction of sp³-hybridized carbons (Fsp3) is 0.538. The van der Waals surface area contributed by atoms with E-state index in [1.165, 1.54) is 11.1 Å². The summed E-state index contributed by atoms with van der Waals surface area (Å²) in [6, 6.07) is 3.97. The predicted octanol–water partition coefficient (Wildman–Crippen LogP) is 1.59. The highest BCUT2D eigenvalue weighted by atomic mass is 16.5. The Hall–Kier alpha value is -1.26. The van der Waals surface area contributed by atoms with Crippen LogP contribution in [0.3, 0.4) is 0 Å². The average Bonchev–Trinajstić information content (AvgIpc) is 2.37. The zero-order valence-electron chi connectivity index (χ0n) is 10.7. The minimum atomic E-state index is 0.865. The van der Waals surface area contributed by atoms with E-state index in [0.29, 0.717) is 0 Å². The van der Waals surface area contributed by atoms with Gasteiger partial charge in [0.1, 0.15) is 11.5 Å². The van der Waals surface area contributed by atoms with Crippen LogP contribution in [0.5, 0.6) is 11.5 Å². The van der Waals surface area contributed by atoms with Crippen molar-refractivity contribution in [2.45, 2.75) is 19.9 Å². The molecule has 1 aromatic carbocycles. The zero-order valence-corrected chi connectivity index (χ0v) is 10.7. The number of benzene rings is 1. The normalized spacial score (nSPS) is 15.5. The fourth-order valence-electron chi connectivity index (χ4n) is 2.36. The number of methoxy groups -OCH3 is 2. The molecule has 0 bridgehead atoms. The molecule has 4 nitrogen and oxygen atoms in total. The van der Waals surface area contributed by atoms with Crippen LogP contribution in [0.1, 0.15) is 18.1 Å². The third-order valence-electron chi connectivity index (χ3n) is 3.15. The van der Waals surface area contributed by atoms with Gasteiger partial charge in [-0.25, -0.2) is 5.01 Å². The first-order valence-electron chi connectivity index (χ1n) is 6.01. The third kappa shape index (κ3) is 2.37. The largest absolute Gasteiger partial charge is 0.496 e. The van der Waals surface area contributed by atoms with E-state index < -0.39 is 0 Å². The van der Waals surface area contributed by atoms with E-state index in [0.717, 1.165) is 37.6 Å². The predicted molar refractivity (Wildman–Crippen MR) is 67.3 cm³/mol. The van der Waals surface area contributed by atoms with Gasteiger partial charge in [-0.2, -0.15) is 0 Å². The molecule has 0 unspecified atom stereocenters. The maximum Gasteiger partial charge on any atom is 0.123 e. The van der Waals surface area contributed by atoms with Gasteiger partial charge in [-0.1, -0.05) is 6.92 Å². The molecule has 0 aliphatic carbocycles. The Balaban J connectivity index is 2.33. The molecule has 17 heavy (non-hydrogen) atoms. The van der Waals surface area contributed by atoms with Crippen LogP contribution in [0, 0.1) is 0 Å². The number of hydrogen-bond acceptors (Lipinski definition) is 4. The summed E-state index contributed by atoms with van der Waals surface area (Å²) >= 11 is 0. The van der Waals surface area contributed by atoms with Crippen molar-refractivity contribution in [1.29, 1.82) is 0 Å². The molecule has 0 aromatic heterocycles. The maximum atomic E-state index is 5.43. The van der Waals surface area contributed by atoms with Gasteiger partial charge >= 0.3 is 0 Å². The van der Waals surface area contributed by atoms with Crippen molar-refractivity contribution in [2.75, 3.05) is 27.3 Å². The standard InChI is InChI=1S/C13H20N2O2/c1-4-14-15-8-7-10-11(9-15)13(17-3)6-5-12(10)16-2/h5-6,14H,4,7-9H2,1-3H3. The number of fused-ring (bicyclic) bond motifs is 1. The highest BCUT2D eigenvalue weighted by Gasteiger charge is 2.22. The van der Waals surface area contributed by atoms with E-state index >= 15 is 0 Å². The Labute approximate surface area is 102 Å². The van der Waals surface area contributed by atoms with Crippen molar-refractivity contribution in [3.63, 3.8) is 0 Å². The van der Waals surface area contributed by atoms with Gasteiger partial charge < -0.3 is 9.47 Å². The van der Waals surface area contributed by atoms with Crippen LogP contribution in [0.4, 0.5) is 0 Å². The Morgan fingerprint density at radius 2 is 1.82 bits per heavy atom. The average molecular weight is 236 g/mol. The van der Waals surface area contributed by atoms with Gasteiger partial charge in [-0.15, -0.1) is 0 Å². The van der Waals surface area contributed by atoms with Crippen LogP contribution >= 0.6 is 0 Å². The molecular formula is C13H20N2O2. The van der Waals surface area contributed by atoms with Crippen LogP contribution < -0.4 is 14.9 Å². The van der Waals surface area contributed by atoms with Gasteiger partial charge in [0.25, 0.3) is 0 Å². The first-order chi connectivity index (χ1) is 8.30. The Kier molecular flexibility index (Phi) is 3.86. The molecule has 1 heterocycles. The molecule has 0 saturated carbocycles. The smallest absolute Gasteiger partial charge is 0.123 e. The van der Waals surface area contributed by atoms with E-state index in [4.69, 9.17) is 9.47 Å². The minimum Gasteiger partial charge on any atom is -0.496 e. The van der Waals surface area contributed by atoms with Gasteiger partial charge in [-0.05, 0) is 18.6 Å². The van der Waals surface area contributed by atoms with Crippen molar-refractivity contribution in [3.8, 4) is 11.5 Å². The number of nitrogens with zero attached hydrogens (tertiary/aromatic N) is 1. The lowest BCUT2D eigenvalue weighted by Gasteiger charge is -2.30. The highest BCUT2D eigenvalue weighted by molar-refractivity contribution is 5.49. The molecule has 1 N–H and O–H groups in total. The molecule has 0 spiro atoms. The topological polar surface area (TPSA) is 33.7 Å². The lowest BCUT2D eigenvalue weighted by molar-refractivity contribution is 0.170. The number of ether oxygens (including phenoxy) is 2. The van der Waals surface area contributed by atoms with Crippen molar-refractivity contribution >= 4 is 0 Å². The maximum absolute atomic E-state index is 5.43. The zero-order chi connectivity index (χ0) is 12.3. The van der Waals surface area contributed by atoms with Crippen molar-refractivity contribution < 1.29 is 9.47 Å². The van der Waals surface area contributed by atoms with Crippen LogP contribution in [-0.4, -0.2) is 32.3 Å². The molecule has 0 radical (unpaired) electrons. The summed E-state index contributed by atoms with van der Waals surface area (Å²) < 4.78 is 10.8. The van der Waals surface area contributed by atoms with E-state index in [1.807, 2.05) is 12.1 Å². The summed E-state index contributed by atoms with van der Waals surface area (Å²) in [7, 11) is 3.44. The van der Waals surface area contributed by atoms with Gasteiger partial charge in [-0.3, -0.25) is 5.43 Å². The second-order valence-electron chi connectivity index (χ2n) is 4.11. The SMILES string of the molecule is CCNN1CCc2c(OC)ccc(OC)c2C1. The number of nitrogens with one attached hydrogen (secondary N) is 1. The van der Waals surface area contributed by atoms with Crippen molar-refractivity contribution in [3.05, 3.63) is 23.3 Å². The quantitative estimate of drug-likeness (QED) is 0.860. The van der Waals surface area contributed by atoms with E-state index in [1.54, 1.807) is 14.2 Å². The second kappa shape index (κ2) is 5.38. The van der Waals surface area contributed by atoms with Crippen LogP contribution in [0.2, 0.25) is 0 Å². The van der Waals surface area contributed by atoms with Gasteiger partial charge in [0.15, 0.2) is 0 Å². The molecule has 1 aromatic rings. The Morgan fingerprint density at radius 1 is 1.18 bits per heavy atom. The molecule has 94 valence electrons. The van der Waals surface area contributed by atoms with Crippen LogP contribution in [0.25, 0.3) is 0 Å². The first kappa shape index (κ1) is 12.2. The summed E-state index contributed by atoms with van der Waals surface area (Å²) in [6.45, 7) is 4.92. The molecule has 0 fully saturated rings. The highest BCUT2D eigenvalue weighted by Crippen LogP contribution is 2.34. The van der Waals surface area contributed by atoms with Crippen LogP contribution in [-0.2, 0) is 13.0 Å². The van der Waals surface area contributed by atoms with Crippen molar-refractivity contribution in [1.82, 2.24) is 10.4 Å². The van der Waals surface area contributed by atoms with Crippen molar-refractivity contribution in [2.24, 2.45) is 0 Å². The third-order valence-corrected chi connectivity index (χ3v) is 3.15. The first-order valence-corrected chi connectivity index (χ1v) is 6.01. The molecule has 1 aliphatic rings. The summed E-state index contributed by atoms with van der Waals surface area (Å²) in [5.74, 6) is 1.92. The summed E-state index contributed by atoms with van der Waals surface area (Å²) in [6.07, 6.45) is 0.989. The number of hydrazine groups is 1. The fourth-order valence-corrected chi connectivity index (χ4v) is 2.36. The molecule has 0 amide bonds. The Morgan fingerprint density at radius 3 is 2.41 bits per heavy atom. The molecule has 1 aliphatic heterocycles. The molecule has 2 rings (SSSR count). The minimum absolute atomic E-state index is 0.865. The molecule has 0 atom stereocenters. The van der Waals surface area contributed by atoms with Gasteiger partial charge in [0.05, 0.1) is 14.2 Å². The summed E-state index contributed by atoms with van der Waals surface area (Å²) in [5, 5.41) is 2.23. The van der Waals surface area contributed by atoms with Crippen LogP contribution in [0.15, 0.2) is 12.1 Å². The number of hydrogen-bond donors (Lipinski definition) is 1. The lowest BCUT2D eigenvalue weighted by atomic mass is 9.98. The van der Waals surface area contributed by atoms with E-state index in [9.17, 15) is 0 Å². The summed E-state index contributed by atoms with van der Waals surface area (Å²) in [4.78, 5) is 0. The number of rotatable bonds is 4. The van der Waals surface area contributed by atoms with Gasteiger partial charge in [0, 0.05) is 30.8 Å². The molecule has 4 heteroatoms. The Bertz CT molecular complexity index is 393. The summed E-state index contributed by atoms with van der Waals surface area (Å²) in [5.41, 5.74) is 5.87. The van der Waals surface area contributed by atoms with Gasteiger partial charge in [0.2, 0.25) is 0 Å². The second-order valence-corrected chi connectivity index (χ2v) is 4.11. The monoisotopic (exact) mass is 236 g/mol. The van der Waals surface area contributed by atoms with E-state index in [2.05, 4.69) is 17.4 Å². The lowest BCUT2D eigenvalue weighted by Crippen LogP contribution is -2.41. The van der Waals surface area contributed by atoms with E-state index in [-0.39, 0.29) is 0 Å². The molecule has 0 saturated heterocycles. The molecular weight excluding hydrogens is 216 g/mol.